The second-order valence-electron chi connectivity index (χ2n) is 13.9. The van der Waals surface area contributed by atoms with Gasteiger partial charge in [-0.3, -0.25) is 0 Å². The number of rotatable bonds is 5. The lowest BCUT2D eigenvalue weighted by Crippen LogP contribution is -2.06. The first-order chi connectivity index (χ1) is 26.6. The minimum Gasteiger partial charge on any atom is -0.308 e. The van der Waals surface area contributed by atoms with Crippen LogP contribution in [0.4, 0.5) is 0 Å². The lowest BCUT2D eigenvalue weighted by Gasteiger charge is -2.18. The van der Waals surface area contributed by atoms with Crippen LogP contribution in [0.2, 0.25) is 0 Å². The van der Waals surface area contributed by atoms with Crippen LogP contribution in [-0.2, 0) is 0 Å². The largest absolute Gasteiger partial charge is 0.308 e. The Labute approximate surface area is 312 Å². The normalized spacial score (nSPS) is 11.5. The summed E-state index contributed by atoms with van der Waals surface area (Å²) in [5.74, 6) is 0.621. The van der Waals surface area contributed by atoms with E-state index in [9.17, 15) is 5.26 Å². The fraction of sp³-hybridized carbons (Fsp3) is 0.0408. The molecule has 254 valence electrons. The van der Waals surface area contributed by atoms with Gasteiger partial charge in [0.1, 0.15) is 11.6 Å². The summed E-state index contributed by atoms with van der Waals surface area (Å²) in [6.07, 6.45) is 0. The van der Waals surface area contributed by atoms with E-state index < -0.39 is 0 Å². The van der Waals surface area contributed by atoms with Crippen LogP contribution in [-0.4, -0.2) is 19.1 Å². The standard InChI is InChI=1S/C49H33N5/c1-31-25-32(2)52-49(51-31)37-28-47(53-43-19-11-9-17-38(43)40-23-21-35(26-45(40)53)33-13-5-3-6-14-33)42(30-50)48(29-37)54-44-20-12-10-18-39(44)41-24-22-36(27-46(41)54)34-15-7-4-8-16-34/h3-29H,1-2H3. The smallest absolute Gasteiger partial charge is 0.159 e. The van der Waals surface area contributed by atoms with Crippen LogP contribution in [0.3, 0.4) is 0 Å². The van der Waals surface area contributed by atoms with Crippen LogP contribution in [0.5, 0.6) is 0 Å². The lowest BCUT2D eigenvalue weighted by atomic mass is 10.0. The Hall–Kier alpha value is -7.29. The Morgan fingerprint density at radius 3 is 1.30 bits per heavy atom. The van der Waals surface area contributed by atoms with E-state index in [1.807, 2.05) is 32.0 Å². The number of hydrogen-bond acceptors (Lipinski definition) is 3. The van der Waals surface area contributed by atoms with Crippen LogP contribution in [0.15, 0.2) is 164 Å². The highest BCUT2D eigenvalue weighted by atomic mass is 15.0. The zero-order valence-corrected chi connectivity index (χ0v) is 29.8. The molecule has 0 bridgehead atoms. The molecule has 0 saturated heterocycles. The van der Waals surface area contributed by atoms with Crippen molar-refractivity contribution < 1.29 is 0 Å². The third kappa shape index (κ3) is 5.00. The fourth-order valence-electron chi connectivity index (χ4n) is 8.14. The van der Waals surface area contributed by atoms with E-state index in [0.29, 0.717) is 11.4 Å². The van der Waals surface area contributed by atoms with Crippen molar-refractivity contribution in [1.29, 1.82) is 5.26 Å². The van der Waals surface area contributed by atoms with Crippen molar-refractivity contribution in [3.05, 3.63) is 181 Å². The SMILES string of the molecule is Cc1cc(C)nc(-c2cc(-n3c4ccccc4c4ccc(-c5ccccc5)cc43)c(C#N)c(-n3c4ccccc4c4ccc(-c5ccccc5)cc43)c2)n1. The second kappa shape index (κ2) is 12.4. The predicted octanol–water partition coefficient (Wildman–Crippen LogP) is 12.2. The number of aromatic nitrogens is 4. The van der Waals surface area contributed by atoms with Gasteiger partial charge in [-0.2, -0.15) is 5.26 Å². The third-order valence-electron chi connectivity index (χ3n) is 10.5. The number of hydrogen-bond donors (Lipinski definition) is 0. The fourth-order valence-corrected chi connectivity index (χ4v) is 8.14. The summed E-state index contributed by atoms with van der Waals surface area (Å²) in [6.45, 7) is 4.00. The van der Waals surface area contributed by atoms with Crippen LogP contribution < -0.4 is 0 Å². The van der Waals surface area contributed by atoms with Crippen molar-refractivity contribution in [2.75, 3.05) is 0 Å². The molecule has 0 N–H and O–H groups in total. The minimum atomic E-state index is 0.559. The highest BCUT2D eigenvalue weighted by Gasteiger charge is 2.23. The van der Waals surface area contributed by atoms with Crippen molar-refractivity contribution in [2.45, 2.75) is 13.8 Å². The minimum absolute atomic E-state index is 0.559. The molecule has 3 aromatic heterocycles. The number of aryl methyl sites for hydroxylation is 2. The molecule has 3 heterocycles. The topological polar surface area (TPSA) is 59.4 Å². The van der Waals surface area contributed by atoms with E-state index in [0.717, 1.165) is 94.2 Å². The van der Waals surface area contributed by atoms with Gasteiger partial charge in [0.25, 0.3) is 0 Å². The summed E-state index contributed by atoms with van der Waals surface area (Å²) >= 11 is 0. The molecule has 54 heavy (non-hydrogen) atoms. The van der Waals surface area contributed by atoms with E-state index in [1.54, 1.807) is 0 Å². The lowest BCUT2D eigenvalue weighted by molar-refractivity contribution is 1.05. The van der Waals surface area contributed by atoms with Crippen LogP contribution >= 0.6 is 0 Å². The van der Waals surface area contributed by atoms with Gasteiger partial charge < -0.3 is 9.13 Å². The van der Waals surface area contributed by atoms with Gasteiger partial charge in [0.15, 0.2) is 5.82 Å². The third-order valence-corrected chi connectivity index (χ3v) is 10.5. The Balaban J connectivity index is 1.35. The summed E-state index contributed by atoms with van der Waals surface area (Å²) in [4.78, 5) is 9.90. The summed E-state index contributed by atoms with van der Waals surface area (Å²) in [5.41, 5.74) is 13.3. The molecule has 5 heteroatoms. The molecule has 0 aliphatic rings. The van der Waals surface area contributed by atoms with Crippen molar-refractivity contribution in [2.24, 2.45) is 0 Å². The van der Waals surface area contributed by atoms with E-state index >= 15 is 0 Å². The maximum absolute atomic E-state index is 11.4. The number of nitrogens with zero attached hydrogens (tertiary/aromatic N) is 5. The number of nitriles is 1. The molecule has 0 fully saturated rings. The molecule has 10 aromatic rings. The zero-order valence-electron chi connectivity index (χ0n) is 29.8. The first-order valence-electron chi connectivity index (χ1n) is 18.1. The van der Waals surface area contributed by atoms with Gasteiger partial charge in [0.2, 0.25) is 0 Å². The van der Waals surface area contributed by atoms with Crippen molar-refractivity contribution in [3.8, 4) is 51.1 Å². The molecule has 0 saturated carbocycles. The molecular weight excluding hydrogens is 659 g/mol. The van der Waals surface area contributed by atoms with Crippen molar-refractivity contribution in [3.63, 3.8) is 0 Å². The van der Waals surface area contributed by atoms with Crippen molar-refractivity contribution >= 4 is 43.6 Å². The Bertz CT molecular complexity index is 2930. The Morgan fingerprint density at radius 1 is 0.407 bits per heavy atom. The van der Waals surface area contributed by atoms with E-state index in [2.05, 4.69) is 161 Å². The molecular formula is C49H33N5. The highest BCUT2D eigenvalue weighted by Crippen LogP contribution is 2.41. The quantitative estimate of drug-likeness (QED) is 0.180. The van der Waals surface area contributed by atoms with Gasteiger partial charge in [-0.25, -0.2) is 9.97 Å². The molecule has 0 atom stereocenters. The van der Waals surface area contributed by atoms with E-state index in [4.69, 9.17) is 9.97 Å². The molecule has 0 amide bonds. The summed E-state index contributed by atoms with van der Waals surface area (Å²) in [5, 5.41) is 15.9. The molecule has 0 spiro atoms. The summed E-state index contributed by atoms with van der Waals surface area (Å²) in [6, 6.07) is 60.0. The van der Waals surface area contributed by atoms with Gasteiger partial charge in [-0.15, -0.1) is 0 Å². The molecule has 0 aliphatic heterocycles. The monoisotopic (exact) mass is 691 g/mol. The molecule has 5 nitrogen and oxygen atoms in total. The highest BCUT2D eigenvalue weighted by molar-refractivity contribution is 6.12. The molecule has 0 unspecified atom stereocenters. The second-order valence-corrected chi connectivity index (χ2v) is 13.9. The summed E-state index contributed by atoms with van der Waals surface area (Å²) < 4.78 is 4.52. The average molecular weight is 692 g/mol. The molecule has 0 aliphatic carbocycles. The Morgan fingerprint density at radius 2 is 0.833 bits per heavy atom. The number of fused-ring (bicyclic) bond motifs is 6. The maximum atomic E-state index is 11.4. The van der Waals surface area contributed by atoms with Gasteiger partial charge >= 0.3 is 0 Å². The molecule has 0 radical (unpaired) electrons. The number of para-hydroxylation sites is 2. The average Bonchev–Trinajstić information content (AvgIpc) is 3.72. The predicted molar refractivity (Wildman–Crippen MR) is 221 cm³/mol. The molecule has 10 rings (SSSR count). The van der Waals surface area contributed by atoms with Gasteiger partial charge in [-0.1, -0.05) is 121 Å². The Kier molecular flexibility index (Phi) is 7.24. The van der Waals surface area contributed by atoms with Crippen LogP contribution in [0.25, 0.3) is 88.6 Å². The van der Waals surface area contributed by atoms with E-state index in [1.165, 1.54) is 0 Å². The van der Waals surface area contributed by atoms with Crippen LogP contribution in [0.1, 0.15) is 17.0 Å². The molecule has 7 aromatic carbocycles. The van der Waals surface area contributed by atoms with Crippen molar-refractivity contribution in [1.82, 2.24) is 19.1 Å². The van der Waals surface area contributed by atoms with Gasteiger partial charge in [-0.05, 0) is 78.6 Å². The summed E-state index contributed by atoms with van der Waals surface area (Å²) in [7, 11) is 0. The number of benzene rings is 7. The first-order valence-corrected chi connectivity index (χ1v) is 18.1. The van der Waals surface area contributed by atoms with Crippen LogP contribution in [0, 0.1) is 25.2 Å². The first kappa shape index (κ1) is 31.4. The van der Waals surface area contributed by atoms with Gasteiger partial charge in [0.05, 0.1) is 33.4 Å². The zero-order chi connectivity index (χ0) is 36.3. The van der Waals surface area contributed by atoms with E-state index in [-0.39, 0.29) is 0 Å². The van der Waals surface area contributed by atoms with Gasteiger partial charge in [0, 0.05) is 38.5 Å². The maximum Gasteiger partial charge on any atom is 0.159 e.